The van der Waals surface area contributed by atoms with Gasteiger partial charge in [0.25, 0.3) is 11.8 Å². The van der Waals surface area contributed by atoms with E-state index in [4.69, 9.17) is 9.72 Å². The van der Waals surface area contributed by atoms with Crippen LogP contribution in [0, 0.1) is 0 Å². The molecule has 0 aliphatic heterocycles. The van der Waals surface area contributed by atoms with E-state index in [1.165, 1.54) is 4.88 Å². The van der Waals surface area contributed by atoms with Gasteiger partial charge in [0, 0.05) is 42.8 Å². The molecule has 0 aromatic carbocycles. The van der Waals surface area contributed by atoms with Crippen molar-refractivity contribution < 1.29 is 14.3 Å². The number of hydrogen-bond donors (Lipinski definition) is 2. The monoisotopic (exact) mass is 495 g/mol. The molecule has 3 heterocycles. The topological polar surface area (TPSA) is 98.1 Å². The molecule has 0 bridgehead atoms. The first-order valence-electron chi connectivity index (χ1n) is 12.6. The van der Waals surface area contributed by atoms with Crippen LogP contribution < -0.4 is 10.6 Å². The zero-order valence-electron chi connectivity index (χ0n) is 20.6. The average molecular weight is 496 g/mol. The number of fused-ring (bicyclic) bond motifs is 2. The minimum atomic E-state index is -0.213. The Morgan fingerprint density at radius 3 is 2.77 bits per heavy atom. The van der Waals surface area contributed by atoms with Gasteiger partial charge in [-0.3, -0.25) is 9.59 Å². The van der Waals surface area contributed by atoms with E-state index in [-0.39, 0.29) is 17.9 Å². The SMILES string of the molecule is COCCCNC(=O)c1c(NC(=O)c2cc(C3CC3)nc3c2cnn3C(C)C)sc2c1CCCC2. The summed E-state index contributed by atoms with van der Waals surface area (Å²) in [4.78, 5) is 32.9. The second kappa shape index (κ2) is 10.1. The van der Waals surface area contributed by atoms with Crippen LogP contribution in [0.5, 0.6) is 0 Å². The summed E-state index contributed by atoms with van der Waals surface area (Å²) in [7, 11) is 1.65. The van der Waals surface area contributed by atoms with Crippen molar-refractivity contribution >= 4 is 39.2 Å². The highest BCUT2D eigenvalue weighted by Gasteiger charge is 2.30. The Balaban J connectivity index is 1.48. The van der Waals surface area contributed by atoms with Crippen LogP contribution in [0.1, 0.15) is 94.8 Å². The summed E-state index contributed by atoms with van der Waals surface area (Å²) in [5.41, 5.74) is 3.98. The summed E-state index contributed by atoms with van der Waals surface area (Å²) in [6, 6.07) is 2.06. The average Bonchev–Trinajstić information content (AvgIpc) is 3.50. The molecule has 2 amide bonds. The summed E-state index contributed by atoms with van der Waals surface area (Å²) in [5.74, 6) is 0.0700. The van der Waals surface area contributed by atoms with E-state index in [1.54, 1.807) is 24.6 Å². The fourth-order valence-electron chi connectivity index (χ4n) is 4.76. The highest BCUT2D eigenvalue weighted by atomic mass is 32.1. The van der Waals surface area contributed by atoms with Gasteiger partial charge in [0.2, 0.25) is 0 Å². The van der Waals surface area contributed by atoms with Crippen LogP contribution in [0.3, 0.4) is 0 Å². The summed E-state index contributed by atoms with van der Waals surface area (Å²) < 4.78 is 6.97. The normalized spacial score (nSPS) is 15.4. The quantitative estimate of drug-likeness (QED) is 0.414. The van der Waals surface area contributed by atoms with Crippen molar-refractivity contribution in [3.63, 3.8) is 0 Å². The second-order valence-electron chi connectivity index (χ2n) is 9.76. The van der Waals surface area contributed by atoms with Gasteiger partial charge in [0.1, 0.15) is 5.00 Å². The number of nitrogens with zero attached hydrogens (tertiary/aromatic N) is 3. The highest BCUT2D eigenvalue weighted by molar-refractivity contribution is 7.17. The molecule has 0 spiro atoms. The first kappa shape index (κ1) is 23.9. The third-order valence-electron chi connectivity index (χ3n) is 6.75. The van der Waals surface area contributed by atoms with Crippen molar-refractivity contribution in [1.29, 1.82) is 0 Å². The number of pyridine rings is 1. The maximum absolute atomic E-state index is 13.7. The standard InChI is InChI=1S/C26H33N5O3S/c1-15(2)31-23-19(14-28-31)18(13-20(29-23)16-9-10-16)24(32)30-26-22(25(33)27-11-6-12-34-3)17-7-4-5-8-21(17)35-26/h13-16H,4-12H2,1-3H3,(H,27,33)(H,30,32). The van der Waals surface area contributed by atoms with E-state index in [0.717, 1.165) is 67.2 Å². The van der Waals surface area contributed by atoms with Gasteiger partial charge in [-0.25, -0.2) is 9.67 Å². The largest absolute Gasteiger partial charge is 0.385 e. The highest BCUT2D eigenvalue weighted by Crippen LogP contribution is 2.41. The summed E-state index contributed by atoms with van der Waals surface area (Å²) in [6.45, 7) is 5.25. The minimum absolute atomic E-state index is 0.123. The van der Waals surface area contributed by atoms with E-state index >= 15 is 0 Å². The number of aryl methyl sites for hydroxylation is 1. The molecule has 186 valence electrons. The molecule has 1 fully saturated rings. The predicted octanol–water partition coefficient (Wildman–Crippen LogP) is 4.85. The van der Waals surface area contributed by atoms with Gasteiger partial charge < -0.3 is 15.4 Å². The van der Waals surface area contributed by atoms with Crippen molar-refractivity contribution in [2.45, 2.75) is 70.8 Å². The molecule has 3 aromatic heterocycles. The lowest BCUT2D eigenvalue weighted by molar-refractivity contribution is 0.0948. The molecular formula is C26H33N5O3S. The Morgan fingerprint density at radius 1 is 1.23 bits per heavy atom. The second-order valence-corrected chi connectivity index (χ2v) is 10.9. The molecule has 2 N–H and O–H groups in total. The van der Waals surface area contributed by atoms with Crippen LogP contribution in [0.2, 0.25) is 0 Å². The van der Waals surface area contributed by atoms with Gasteiger partial charge in [-0.2, -0.15) is 5.10 Å². The minimum Gasteiger partial charge on any atom is -0.385 e. The zero-order chi connectivity index (χ0) is 24.5. The first-order chi connectivity index (χ1) is 17.0. The molecular weight excluding hydrogens is 462 g/mol. The van der Waals surface area contributed by atoms with E-state index in [9.17, 15) is 9.59 Å². The summed E-state index contributed by atoms with van der Waals surface area (Å²) in [6.07, 6.45) is 8.67. The van der Waals surface area contributed by atoms with Gasteiger partial charge in [0.05, 0.1) is 22.7 Å². The van der Waals surface area contributed by atoms with E-state index in [0.29, 0.717) is 35.2 Å². The smallest absolute Gasteiger partial charge is 0.257 e. The van der Waals surface area contributed by atoms with Crippen LogP contribution in [-0.4, -0.2) is 46.8 Å². The Morgan fingerprint density at radius 2 is 2.03 bits per heavy atom. The number of aromatic nitrogens is 3. The number of nitrogens with one attached hydrogen (secondary N) is 2. The van der Waals surface area contributed by atoms with Gasteiger partial charge in [-0.1, -0.05) is 0 Å². The van der Waals surface area contributed by atoms with E-state index in [1.807, 2.05) is 10.7 Å². The number of anilines is 1. The van der Waals surface area contributed by atoms with E-state index in [2.05, 4.69) is 29.6 Å². The molecule has 0 radical (unpaired) electrons. The Labute approximate surface area is 209 Å². The lowest BCUT2D eigenvalue weighted by Gasteiger charge is -2.13. The molecule has 35 heavy (non-hydrogen) atoms. The number of amides is 2. The zero-order valence-corrected chi connectivity index (χ0v) is 21.5. The molecule has 9 heteroatoms. The number of carbonyl (C=O) groups is 2. The maximum atomic E-state index is 13.7. The van der Waals surface area contributed by atoms with Crippen LogP contribution in [-0.2, 0) is 17.6 Å². The van der Waals surface area contributed by atoms with Crippen LogP contribution in [0.15, 0.2) is 12.3 Å². The number of carbonyl (C=O) groups excluding carboxylic acids is 2. The third kappa shape index (κ3) is 4.84. The van der Waals surface area contributed by atoms with Gasteiger partial charge >= 0.3 is 0 Å². The molecule has 3 aromatic rings. The summed E-state index contributed by atoms with van der Waals surface area (Å²) >= 11 is 1.54. The fraction of sp³-hybridized carbons (Fsp3) is 0.538. The van der Waals surface area contributed by atoms with Gasteiger partial charge in [-0.05, 0) is 70.4 Å². The van der Waals surface area contributed by atoms with Crippen molar-refractivity contribution in [2.75, 3.05) is 25.6 Å². The molecule has 0 saturated heterocycles. The van der Waals surface area contributed by atoms with Crippen molar-refractivity contribution in [1.82, 2.24) is 20.1 Å². The van der Waals surface area contributed by atoms with Crippen LogP contribution >= 0.6 is 11.3 Å². The number of methoxy groups -OCH3 is 1. The van der Waals surface area contributed by atoms with Gasteiger partial charge in [0.15, 0.2) is 5.65 Å². The van der Waals surface area contributed by atoms with E-state index < -0.39 is 0 Å². The Hall–Kier alpha value is -2.78. The lowest BCUT2D eigenvalue weighted by atomic mass is 9.95. The molecule has 0 unspecified atom stereocenters. The van der Waals surface area contributed by atoms with Crippen molar-refractivity contribution in [3.05, 3.63) is 39.5 Å². The summed E-state index contributed by atoms with van der Waals surface area (Å²) in [5, 5.41) is 12.0. The maximum Gasteiger partial charge on any atom is 0.257 e. The van der Waals surface area contributed by atoms with Crippen molar-refractivity contribution in [2.24, 2.45) is 0 Å². The molecule has 0 atom stereocenters. The fourth-order valence-corrected chi connectivity index (χ4v) is 6.04. The number of hydrogen-bond acceptors (Lipinski definition) is 6. The molecule has 2 aliphatic rings. The Bertz CT molecular complexity index is 1260. The number of rotatable bonds is 9. The van der Waals surface area contributed by atoms with Crippen LogP contribution in [0.4, 0.5) is 5.00 Å². The van der Waals surface area contributed by atoms with Gasteiger partial charge in [-0.15, -0.1) is 11.3 Å². The Kier molecular flexibility index (Phi) is 6.88. The molecule has 8 nitrogen and oxygen atoms in total. The molecule has 2 aliphatic carbocycles. The first-order valence-corrected chi connectivity index (χ1v) is 13.4. The molecule has 1 saturated carbocycles. The van der Waals surface area contributed by atoms with Crippen LogP contribution in [0.25, 0.3) is 11.0 Å². The lowest BCUT2D eigenvalue weighted by Crippen LogP contribution is -2.27. The molecule has 5 rings (SSSR count). The number of thiophene rings is 1. The predicted molar refractivity (Wildman–Crippen MR) is 138 cm³/mol. The number of ether oxygens (including phenoxy) is 1. The van der Waals surface area contributed by atoms with Crippen molar-refractivity contribution in [3.8, 4) is 0 Å². The third-order valence-corrected chi connectivity index (χ3v) is 7.96.